The number of hydrogen-bond acceptors (Lipinski definition) is 2. The highest BCUT2D eigenvalue weighted by Gasteiger charge is 2.02. The molecule has 0 amide bonds. The monoisotopic (exact) mass is 188 g/mol. The van der Waals surface area contributed by atoms with E-state index in [4.69, 9.17) is 0 Å². The maximum Gasteiger partial charge on any atom is 0.0991 e. The highest BCUT2D eigenvalue weighted by Crippen LogP contribution is 2.16. The fourth-order valence-electron chi connectivity index (χ4n) is 1.45. The predicted molar refractivity (Wildman–Crippen MR) is 54.2 cm³/mol. The third-order valence-corrected chi connectivity index (χ3v) is 2.19. The molecule has 14 heavy (non-hydrogen) atoms. The number of imidazole rings is 1. The predicted octanol–water partition coefficient (Wildman–Crippen LogP) is 1.67. The van der Waals surface area contributed by atoms with E-state index in [2.05, 4.69) is 4.98 Å². The van der Waals surface area contributed by atoms with Crippen molar-refractivity contribution >= 4 is 0 Å². The topological polar surface area (TPSA) is 38.0 Å². The zero-order valence-corrected chi connectivity index (χ0v) is 8.01. The molecule has 0 spiro atoms. The molecule has 0 unspecified atom stereocenters. The van der Waals surface area contributed by atoms with Crippen LogP contribution in [-0.4, -0.2) is 14.7 Å². The molecule has 2 rings (SSSR count). The first-order chi connectivity index (χ1) is 6.81. The van der Waals surface area contributed by atoms with Gasteiger partial charge in [0.25, 0.3) is 0 Å². The number of nitrogens with zero attached hydrogens (tertiary/aromatic N) is 2. The molecule has 0 saturated heterocycles. The van der Waals surface area contributed by atoms with Crippen LogP contribution >= 0.6 is 0 Å². The Hall–Kier alpha value is -1.61. The smallest absolute Gasteiger partial charge is 0.0991 e. The molecule has 72 valence electrons. The van der Waals surface area contributed by atoms with E-state index >= 15 is 0 Å². The molecule has 1 aromatic carbocycles. The van der Waals surface area contributed by atoms with Gasteiger partial charge in [0, 0.05) is 18.0 Å². The van der Waals surface area contributed by atoms with Crippen LogP contribution in [0.15, 0.2) is 36.9 Å². The second-order valence-corrected chi connectivity index (χ2v) is 3.26. The Morgan fingerprint density at radius 3 is 2.93 bits per heavy atom. The van der Waals surface area contributed by atoms with Crippen molar-refractivity contribution < 1.29 is 5.11 Å². The van der Waals surface area contributed by atoms with Crippen LogP contribution in [0.5, 0.6) is 0 Å². The van der Waals surface area contributed by atoms with E-state index in [-0.39, 0.29) is 6.61 Å². The lowest BCUT2D eigenvalue weighted by molar-refractivity contribution is 0.281. The number of benzene rings is 1. The summed E-state index contributed by atoms with van der Waals surface area (Å²) in [4.78, 5) is 3.98. The summed E-state index contributed by atoms with van der Waals surface area (Å²) in [5.41, 5.74) is 3.07. The molecule has 0 aliphatic heterocycles. The van der Waals surface area contributed by atoms with Gasteiger partial charge >= 0.3 is 0 Å². The number of aryl methyl sites for hydroxylation is 1. The zero-order valence-electron chi connectivity index (χ0n) is 8.01. The van der Waals surface area contributed by atoms with Crippen LogP contribution in [0.25, 0.3) is 5.69 Å². The molecule has 1 heterocycles. The van der Waals surface area contributed by atoms with Crippen molar-refractivity contribution in [2.75, 3.05) is 0 Å². The summed E-state index contributed by atoms with van der Waals surface area (Å²) in [6, 6.07) is 5.96. The third-order valence-electron chi connectivity index (χ3n) is 2.19. The molecule has 0 bridgehead atoms. The van der Waals surface area contributed by atoms with Crippen LogP contribution in [-0.2, 0) is 6.61 Å². The Labute approximate surface area is 82.7 Å². The van der Waals surface area contributed by atoms with Gasteiger partial charge in [-0.25, -0.2) is 4.98 Å². The standard InChI is InChI=1S/C11H12N2O/c1-9-2-3-10(7-14)11(6-9)13-5-4-12-8-13/h2-6,8,14H,7H2,1H3. The summed E-state index contributed by atoms with van der Waals surface area (Å²) in [6.07, 6.45) is 5.32. The van der Waals surface area contributed by atoms with Gasteiger partial charge in [-0.05, 0) is 18.6 Å². The lowest BCUT2D eigenvalue weighted by atomic mass is 10.1. The van der Waals surface area contributed by atoms with Crippen molar-refractivity contribution in [2.45, 2.75) is 13.5 Å². The van der Waals surface area contributed by atoms with Gasteiger partial charge < -0.3 is 9.67 Å². The number of hydrogen-bond donors (Lipinski definition) is 1. The van der Waals surface area contributed by atoms with Crippen molar-refractivity contribution in [1.29, 1.82) is 0 Å². The SMILES string of the molecule is Cc1ccc(CO)c(-n2ccnc2)c1. The van der Waals surface area contributed by atoms with Crippen molar-refractivity contribution in [3.05, 3.63) is 48.0 Å². The summed E-state index contributed by atoms with van der Waals surface area (Å²) in [5, 5.41) is 9.17. The van der Waals surface area contributed by atoms with E-state index in [9.17, 15) is 5.11 Å². The Kier molecular flexibility index (Phi) is 2.33. The molecule has 1 aromatic heterocycles. The fraction of sp³-hybridized carbons (Fsp3) is 0.182. The minimum absolute atomic E-state index is 0.0494. The van der Waals surface area contributed by atoms with Gasteiger partial charge in [-0.3, -0.25) is 0 Å². The third kappa shape index (κ3) is 1.54. The van der Waals surface area contributed by atoms with Crippen molar-refractivity contribution in [1.82, 2.24) is 9.55 Å². The highest BCUT2D eigenvalue weighted by atomic mass is 16.3. The molecule has 0 saturated carbocycles. The van der Waals surface area contributed by atoms with Gasteiger partial charge in [-0.1, -0.05) is 12.1 Å². The molecule has 3 nitrogen and oxygen atoms in total. The lowest BCUT2D eigenvalue weighted by Crippen LogP contribution is -1.97. The molecular weight excluding hydrogens is 176 g/mol. The summed E-state index contributed by atoms with van der Waals surface area (Å²) in [5.74, 6) is 0. The van der Waals surface area contributed by atoms with Crippen molar-refractivity contribution in [3.8, 4) is 5.69 Å². The van der Waals surface area contributed by atoms with Crippen LogP contribution in [0.4, 0.5) is 0 Å². The minimum Gasteiger partial charge on any atom is -0.392 e. The van der Waals surface area contributed by atoms with Gasteiger partial charge in [0.05, 0.1) is 18.6 Å². The quantitative estimate of drug-likeness (QED) is 0.778. The first-order valence-electron chi connectivity index (χ1n) is 4.50. The Morgan fingerprint density at radius 1 is 1.43 bits per heavy atom. The van der Waals surface area contributed by atoms with E-state index in [1.54, 1.807) is 12.5 Å². The molecule has 0 aliphatic rings. The Bertz CT molecular complexity index is 421. The van der Waals surface area contributed by atoms with Gasteiger partial charge in [-0.2, -0.15) is 0 Å². The second kappa shape index (κ2) is 3.64. The van der Waals surface area contributed by atoms with Crippen LogP contribution < -0.4 is 0 Å². The molecular formula is C11H12N2O. The Morgan fingerprint density at radius 2 is 2.29 bits per heavy atom. The molecule has 1 N–H and O–H groups in total. The summed E-state index contributed by atoms with van der Waals surface area (Å²) < 4.78 is 1.90. The molecule has 2 aromatic rings. The van der Waals surface area contributed by atoms with Crippen LogP contribution in [0.3, 0.4) is 0 Å². The minimum atomic E-state index is 0.0494. The summed E-state index contributed by atoms with van der Waals surface area (Å²) in [7, 11) is 0. The average Bonchev–Trinajstić information content (AvgIpc) is 2.70. The lowest BCUT2D eigenvalue weighted by Gasteiger charge is -2.08. The molecule has 0 radical (unpaired) electrons. The first kappa shape index (κ1) is 8.97. The molecule has 0 atom stereocenters. The van der Waals surface area contributed by atoms with E-state index in [1.807, 2.05) is 35.9 Å². The molecule has 3 heteroatoms. The van der Waals surface area contributed by atoms with Crippen LogP contribution in [0, 0.1) is 6.92 Å². The van der Waals surface area contributed by atoms with Gasteiger partial charge in [0.2, 0.25) is 0 Å². The maximum absolute atomic E-state index is 9.17. The second-order valence-electron chi connectivity index (χ2n) is 3.26. The van der Waals surface area contributed by atoms with Crippen LogP contribution in [0.1, 0.15) is 11.1 Å². The molecule has 0 fully saturated rings. The average molecular weight is 188 g/mol. The van der Waals surface area contributed by atoms with Gasteiger partial charge in [0.15, 0.2) is 0 Å². The van der Waals surface area contributed by atoms with Crippen LogP contribution in [0.2, 0.25) is 0 Å². The summed E-state index contributed by atoms with van der Waals surface area (Å²) in [6.45, 7) is 2.08. The highest BCUT2D eigenvalue weighted by molar-refractivity contribution is 5.43. The maximum atomic E-state index is 9.17. The van der Waals surface area contributed by atoms with Crippen molar-refractivity contribution in [3.63, 3.8) is 0 Å². The fourth-order valence-corrected chi connectivity index (χ4v) is 1.45. The van der Waals surface area contributed by atoms with Crippen molar-refractivity contribution in [2.24, 2.45) is 0 Å². The number of aliphatic hydroxyl groups is 1. The largest absolute Gasteiger partial charge is 0.392 e. The van der Waals surface area contributed by atoms with Gasteiger partial charge in [0.1, 0.15) is 0 Å². The van der Waals surface area contributed by atoms with E-state index in [1.165, 1.54) is 5.56 Å². The summed E-state index contributed by atoms with van der Waals surface area (Å²) >= 11 is 0. The zero-order chi connectivity index (χ0) is 9.97. The van der Waals surface area contributed by atoms with E-state index < -0.39 is 0 Å². The Balaban J connectivity index is 2.55. The number of aromatic nitrogens is 2. The number of rotatable bonds is 2. The van der Waals surface area contributed by atoms with Gasteiger partial charge in [-0.15, -0.1) is 0 Å². The normalized spacial score (nSPS) is 10.4. The molecule has 0 aliphatic carbocycles. The van der Waals surface area contributed by atoms with E-state index in [0.29, 0.717) is 0 Å². The van der Waals surface area contributed by atoms with E-state index in [0.717, 1.165) is 11.3 Å². The first-order valence-corrected chi connectivity index (χ1v) is 4.50. The number of aliphatic hydroxyl groups excluding tert-OH is 1.